The number of thiophene rings is 1. The molecule has 0 bridgehead atoms. The van der Waals surface area contributed by atoms with Crippen molar-refractivity contribution in [1.82, 2.24) is 19.6 Å². The van der Waals surface area contributed by atoms with Crippen molar-refractivity contribution in [3.05, 3.63) is 58.4 Å². The van der Waals surface area contributed by atoms with E-state index in [-0.39, 0.29) is 18.6 Å². The summed E-state index contributed by atoms with van der Waals surface area (Å²) in [4.78, 5) is 9.32. The van der Waals surface area contributed by atoms with E-state index in [4.69, 9.17) is 0 Å². The average Bonchev–Trinajstić information content (AvgIpc) is 3.46. The van der Waals surface area contributed by atoms with Gasteiger partial charge in [0.25, 0.3) is 0 Å². The van der Waals surface area contributed by atoms with Crippen molar-refractivity contribution >= 4 is 28.9 Å². The van der Waals surface area contributed by atoms with Crippen molar-refractivity contribution in [2.45, 2.75) is 45.7 Å². The van der Waals surface area contributed by atoms with E-state index in [0.717, 1.165) is 23.2 Å². The van der Waals surface area contributed by atoms with Gasteiger partial charge in [-0.25, -0.2) is 0 Å². The molecule has 31 heavy (non-hydrogen) atoms. The molecule has 0 amide bonds. The third-order valence-corrected chi connectivity index (χ3v) is 6.01. The van der Waals surface area contributed by atoms with Crippen LogP contribution >= 0.6 is 11.3 Å². The fraction of sp³-hybridized carbons (Fsp3) is 0.348. The zero-order chi connectivity index (χ0) is 21.8. The van der Waals surface area contributed by atoms with Crippen molar-refractivity contribution in [2.75, 3.05) is 17.2 Å². The summed E-state index contributed by atoms with van der Waals surface area (Å²) in [5.41, 5.74) is 5.44. The van der Waals surface area contributed by atoms with Gasteiger partial charge in [-0.2, -0.15) is 30.9 Å². The Morgan fingerprint density at radius 3 is 2.55 bits per heavy atom. The molecule has 1 aromatic carbocycles. The molecule has 0 radical (unpaired) electrons. The quantitative estimate of drug-likeness (QED) is 0.350. The minimum absolute atomic E-state index is 0.0284. The van der Waals surface area contributed by atoms with E-state index in [1.807, 2.05) is 13.1 Å². The molecule has 0 unspecified atom stereocenters. The van der Waals surface area contributed by atoms with Gasteiger partial charge < -0.3 is 15.7 Å². The second kappa shape index (κ2) is 9.45. The number of nitrogens with zero attached hydrogens (tertiary/aromatic N) is 4. The molecule has 0 aliphatic heterocycles. The first-order chi connectivity index (χ1) is 15.1. The van der Waals surface area contributed by atoms with Gasteiger partial charge in [0.15, 0.2) is 5.65 Å². The van der Waals surface area contributed by atoms with E-state index in [0.29, 0.717) is 18.4 Å². The Morgan fingerprint density at radius 2 is 1.90 bits per heavy atom. The van der Waals surface area contributed by atoms with Crippen molar-refractivity contribution in [3.8, 4) is 11.1 Å². The summed E-state index contributed by atoms with van der Waals surface area (Å²) in [7, 11) is 0. The maximum Gasteiger partial charge on any atom is 0.229 e. The highest BCUT2D eigenvalue weighted by Crippen LogP contribution is 2.24. The van der Waals surface area contributed by atoms with Crippen LogP contribution in [-0.4, -0.2) is 37.3 Å². The third-order valence-electron chi connectivity index (χ3n) is 5.32. The van der Waals surface area contributed by atoms with Crippen LogP contribution in [0.2, 0.25) is 0 Å². The molecule has 8 heteroatoms. The summed E-state index contributed by atoms with van der Waals surface area (Å²) < 4.78 is 1.75. The van der Waals surface area contributed by atoms with Crippen LogP contribution in [0.5, 0.6) is 0 Å². The average molecular weight is 437 g/mol. The third kappa shape index (κ3) is 4.70. The Labute approximate surface area is 186 Å². The second-order valence-electron chi connectivity index (χ2n) is 7.86. The number of rotatable bonds is 9. The van der Waals surface area contributed by atoms with Crippen LogP contribution in [0, 0.1) is 0 Å². The zero-order valence-electron chi connectivity index (χ0n) is 18.0. The first-order valence-electron chi connectivity index (χ1n) is 10.6. The normalized spacial score (nSPS) is 12.4. The second-order valence-corrected chi connectivity index (χ2v) is 8.64. The standard InChI is InChI=1S/C23H28N6OS/c1-4-19(13-30)26-22-27-21-20(15(2)3)12-25-29(21)23(28-22)24-11-16-5-7-17(8-6-16)18-9-10-31-14-18/h5-10,12,14-15,19,30H,4,11,13H2,1-3H3,(H2,24,26,27,28)/t19-/m1/s1. The van der Waals surface area contributed by atoms with E-state index in [1.54, 1.807) is 15.9 Å². The molecule has 162 valence electrons. The lowest BCUT2D eigenvalue weighted by atomic mass is 10.1. The Morgan fingerprint density at radius 1 is 1.10 bits per heavy atom. The number of aromatic nitrogens is 4. The Hall–Kier alpha value is -2.97. The number of aliphatic hydroxyl groups excluding tert-OH is 1. The van der Waals surface area contributed by atoms with E-state index in [9.17, 15) is 5.11 Å². The highest BCUT2D eigenvalue weighted by atomic mass is 32.1. The van der Waals surface area contributed by atoms with Gasteiger partial charge in [0, 0.05) is 12.1 Å². The number of aliphatic hydroxyl groups is 1. The fourth-order valence-corrected chi connectivity index (χ4v) is 4.03. The maximum atomic E-state index is 9.57. The molecule has 3 heterocycles. The van der Waals surface area contributed by atoms with Gasteiger partial charge in [0.2, 0.25) is 11.9 Å². The summed E-state index contributed by atoms with van der Waals surface area (Å²) >= 11 is 1.70. The molecule has 0 fully saturated rings. The molecule has 4 aromatic rings. The Bertz CT molecular complexity index is 1120. The summed E-state index contributed by atoms with van der Waals surface area (Å²) in [5, 5.41) is 25.0. The number of nitrogens with one attached hydrogen (secondary N) is 2. The molecule has 4 rings (SSSR count). The van der Waals surface area contributed by atoms with E-state index in [1.165, 1.54) is 11.1 Å². The van der Waals surface area contributed by atoms with Gasteiger partial charge >= 0.3 is 0 Å². The van der Waals surface area contributed by atoms with Crippen molar-refractivity contribution in [2.24, 2.45) is 0 Å². The highest BCUT2D eigenvalue weighted by molar-refractivity contribution is 7.08. The SMILES string of the molecule is CC[C@H](CO)Nc1nc(NCc2ccc(-c3ccsc3)cc2)n2ncc(C(C)C)c2n1. The van der Waals surface area contributed by atoms with Crippen molar-refractivity contribution in [3.63, 3.8) is 0 Å². The Balaban J connectivity index is 1.59. The molecule has 0 saturated heterocycles. The summed E-state index contributed by atoms with van der Waals surface area (Å²) in [5.74, 6) is 1.40. The monoisotopic (exact) mass is 436 g/mol. The molecular formula is C23H28N6OS. The number of hydrogen-bond acceptors (Lipinski definition) is 7. The molecule has 7 nitrogen and oxygen atoms in total. The van der Waals surface area contributed by atoms with Crippen LogP contribution in [-0.2, 0) is 6.54 Å². The number of anilines is 2. The Kier molecular flexibility index (Phi) is 6.48. The molecule has 0 aliphatic carbocycles. The molecule has 0 saturated carbocycles. The zero-order valence-corrected chi connectivity index (χ0v) is 18.9. The number of fused-ring (bicyclic) bond motifs is 1. The smallest absolute Gasteiger partial charge is 0.229 e. The van der Waals surface area contributed by atoms with Gasteiger partial charge in [-0.15, -0.1) is 0 Å². The van der Waals surface area contributed by atoms with Gasteiger partial charge in [0.05, 0.1) is 18.8 Å². The minimum atomic E-state index is -0.0922. The van der Waals surface area contributed by atoms with E-state index >= 15 is 0 Å². The van der Waals surface area contributed by atoms with Crippen molar-refractivity contribution in [1.29, 1.82) is 0 Å². The fourth-order valence-electron chi connectivity index (χ4n) is 3.37. The molecule has 3 N–H and O–H groups in total. The van der Waals surface area contributed by atoms with Crippen LogP contribution < -0.4 is 10.6 Å². The van der Waals surface area contributed by atoms with Gasteiger partial charge in [-0.3, -0.25) is 0 Å². The van der Waals surface area contributed by atoms with Gasteiger partial charge in [-0.05, 0) is 45.9 Å². The number of hydrogen-bond donors (Lipinski definition) is 3. The largest absolute Gasteiger partial charge is 0.394 e. The lowest BCUT2D eigenvalue weighted by Gasteiger charge is -2.16. The van der Waals surface area contributed by atoms with Crippen LogP contribution in [0.25, 0.3) is 16.8 Å². The topological polar surface area (TPSA) is 87.4 Å². The molecule has 3 aromatic heterocycles. The van der Waals surface area contributed by atoms with Crippen LogP contribution in [0.4, 0.5) is 11.9 Å². The van der Waals surface area contributed by atoms with Crippen LogP contribution in [0.15, 0.2) is 47.3 Å². The first kappa shape index (κ1) is 21.3. The van der Waals surface area contributed by atoms with E-state index in [2.05, 4.69) is 80.6 Å². The molecule has 0 aliphatic rings. The summed E-state index contributed by atoms with van der Waals surface area (Å²) in [6, 6.07) is 10.6. The summed E-state index contributed by atoms with van der Waals surface area (Å²) in [6.07, 6.45) is 2.63. The number of benzene rings is 1. The molecule has 1 atom stereocenters. The van der Waals surface area contributed by atoms with Gasteiger partial charge in [0.1, 0.15) is 0 Å². The van der Waals surface area contributed by atoms with E-state index < -0.39 is 0 Å². The molecular weight excluding hydrogens is 408 g/mol. The predicted octanol–water partition coefficient (Wildman–Crippen LogP) is 4.77. The van der Waals surface area contributed by atoms with Crippen LogP contribution in [0.3, 0.4) is 0 Å². The lowest BCUT2D eigenvalue weighted by molar-refractivity contribution is 0.271. The lowest BCUT2D eigenvalue weighted by Crippen LogP contribution is -2.24. The summed E-state index contributed by atoms with van der Waals surface area (Å²) in [6.45, 7) is 6.90. The molecule has 0 spiro atoms. The van der Waals surface area contributed by atoms with Gasteiger partial charge in [-0.1, -0.05) is 45.0 Å². The predicted molar refractivity (Wildman–Crippen MR) is 127 cm³/mol. The highest BCUT2D eigenvalue weighted by Gasteiger charge is 2.16. The van der Waals surface area contributed by atoms with Crippen LogP contribution in [0.1, 0.15) is 44.2 Å². The minimum Gasteiger partial charge on any atom is -0.394 e. The van der Waals surface area contributed by atoms with Crippen molar-refractivity contribution < 1.29 is 5.11 Å². The maximum absolute atomic E-state index is 9.57. The first-order valence-corrected chi connectivity index (χ1v) is 11.5.